The number of benzene rings is 2. The number of halogens is 4. The summed E-state index contributed by atoms with van der Waals surface area (Å²) >= 11 is 5.88. The molecule has 27 heavy (non-hydrogen) atoms. The second-order valence-corrected chi connectivity index (χ2v) is 9.74. The summed E-state index contributed by atoms with van der Waals surface area (Å²) in [6.45, 7) is 1.76. The minimum atomic E-state index is -4.60. The van der Waals surface area contributed by atoms with Crippen LogP contribution in [0.1, 0.15) is 37.0 Å². The van der Waals surface area contributed by atoms with Gasteiger partial charge < -0.3 is 4.74 Å². The Kier molecular flexibility index (Phi) is 5.31. The van der Waals surface area contributed by atoms with Crippen molar-refractivity contribution < 1.29 is 26.3 Å². The average Bonchev–Trinajstić information content (AvgIpc) is 2.61. The van der Waals surface area contributed by atoms with Crippen LogP contribution in [-0.2, 0) is 20.8 Å². The molecule has 1 aliphatic heterocycles. The fourth-order valence-corrected chi connectivity index (χ4v) is 5.19. The van der Waals surface area contributed by atoms with Gasteiger partial charge in [0, 0.05) is 11.6 Å². The van der Waals surface area contributed by atoms with Crippen LogP contribution in [0, 0.1) is 0 Å². The summed E-state index contributed by atoms with van der Waals surface area (Å²) < 4.78 is 69.8. The molecule has 146 valence electrons. The minimum absolute atomic E-state index is 0.146. The molecular formula is C19H18ClF3O3S. The number of hydrogen-bond donors (Lipinski definition) is 0. The van der Waals surface area contributed by atoms with Crippen LogP contribution >= 0.6 is 11.6 Å². The van der Waals surface area contributed by atoms with Crippen molar-refractivity contribution in [1.82, 2.24) is 0 Å². The number of hydrogen-bond acceptors (Lipinski definition) is 3. The fourth-order valence-electron chi connectivity index (χ4n) is 3.23. The van der Waals surface area contributed by atoms with E-state index >= 15 is 0 Å². The van der Waals surface area contributed by atoms with E-state index in [1.807, 2.05) is 0 Å². The van der Waals surface area contributed by atoms with Crippen molar-refractivity contribution >= 4 is 21.4 Å². The van der Waals surface area contributed by atoms with Gasteiger partial charge in [0.25, 0.3) is 0 Å². The molecule has 2 atom stereocenters. The lowest BCUT2D eigenvalue weighted by Crippen LogP contribution is -2.42. The molecule has 1 aliphatic rings. The number of rotatable bonds is 3. The Bertz CT molecular complexity index is 926. The van der Waals surface area contributed by atoms with Gasteiger partial charge in [0.1, 0.15) is 0 Å². The lowest BCUT2D eigenvalue weighted by molar-refractivity contribution is -0.137. The molecule has 0 N–H and O–H groups in total. The zero-order chi connectivity index (χ0) is 19.9. The van der Waals surface area contributed by atoms with Gasteiger partial charge in [-0.25, -0.2) is 8.42 Å². The summed E-state index contributed by atoms with van der Waals surface area (Å²) in [5, 5.41) is 0.550. The first-order valence-electron chi connectivity index (χ1n) is 8.32. The first-order chi connectivity index (χ1) is 12.5. The van der Waals surface area contributed by atoms with Crippen LogP contribution in [0.25, 0.3) is 0 Å². The standard InChI is InChI=1S/C19H18ClF3O3S/c1-18(9-10-26-17(12-18)13-5-7-15(20)8-6-13)27(24,25)16-4-2-3-14(11-16)19(21,22)23/h2-8,11,17H,9-10,12H2,1H3/t17-,18-/m0/s1. The van der Waals surface area contributed by atoms with Gasteiger partial charge in [-0.2, -0.15) is 13.2 Å². The molecule has 3 nitrogen and oxygen atoms in total. The molecule has 0 saturated carbocycles. The third-order valence-corrected chi connectivity index (χ3v) is 7.72. The molecule has 0 amide bonds. The van der Waals surface area contributed by atoms with E-state index in [1.165, 1.54) is 6.07 Å². The second kappa shape index (κ2) is 7.11. The summed E-state index contributed by atoms with van der Waals surface area (Å²) in [7, 11) is -4.00. The zero-order valence-corrected chi connectivity index (χ0v) is 16.0. The van der Waals surface area contributed by atoms with Gasteiger partial charge >= 0.3 is 6.18 Å². The van der Waals surface area contributed by atoms with E-state index < -0.39 is 32.4 Å². The lowest BCUT2D eigenvalue weighted by atomic mass is 9.92. The summed E-state index contributed by atoms with van der Waals surface area (Å²) in [5.41, 5.74) is -0.196. The molecule has 0 spiro atoms. The highest BCUT2D eigenvalue weighted by Crippen LogP contribution is 2.42. The Morgan fingerprint density at radius 3 is 2.44 bits per heavy atom. The molecule has 8 heteroatoms. The lowest BCUT2D eigenvalue weighted by Gasteiger charge is -2.38. The summed E-state index contributed by atoms with van der Waals surface area (Å²) in [6.07, 6.45) is -4.72. The van der Waals surface area contributed by atoms with Crippen molar-refractivity contribution in [2.24, 2.45) is 0 Å². The van der Waals surface area contributed by atoms with E-state index in [1.54, 1.807) is 31.2 Å². The van der Waals surface area contributed by atoms with Crippen molar-refractivity contribution in [3.05, 3.63) is 64.7 Å². The SMILES string of the molecule is C[C@]1(S(=O)(=O)c2cccc(C(F)(F)F)c2)CCO[C@H](c2ccc(Cl)cc2)C1. The van der Waals surface area contributed by atoms with E-state index in [2.05, 4.69) is 0 Å². The highest BCUT2D eigenvalue weighted by atomic mass is 35.5. The first-order valence-corrected chi connectivity index (χ1v) is 10.2. The van der Waals surface area contributed by atoms with Crippen molar-refractivity contribution in [3.63, 3.8) is 0 Å². The van der Waals surface area contributed by atoms with Gasteiger partial charge in [-0.15, -0.1) is 0 Å². The monoisotopic (exact) mass is 418 g/mol. The molecule has 2 aromatic carbocycles. The predicted molar refractivity (Wildman–Crippen MR) is 96.4 cm³/mol. The summed E-state index contributed by atoms with van der Waals surface area (Å²) in [4.78, 5) is -0.323. The summed E-state index contributed by atoms with van der Waals surface area (Å²) in [6, 6.07) is 10.8. The van der Waals surface area contributed by atoms with E-state index in [4.69, 9.17) is 16.3 Å². The maximum atomic E-state index is 13.2. The van der Waals surface area contributed by atoms with Gasteiger partial charge in [-0.1, -0.05) is 29.8 Å². The van der Waals surface area contributed by atoms with Crippen molar-refractivity contribution in [1.29, 1.82) is 0 Å². The highest BCUT2D eigenvalue weighted by Gasteiger charge is 2.45. The van der Waals surface area contributed by atoms with E-state index in [-0.39, 0.29) is 24.3 Å². The van der Waals surface area contributed by atoms with Gasteiger partial charge in [0.15, 0.2) is 9.84 Å². The van der Waals surface area contributed by atoms with Crippen LogP contribution in [0.5, 0.6) is 0 Å². The first kappa shape index (κ1) is 20.2. The quantitative estimate of drug-likeness (QED) is 0.666. The van der Waals surface area contributed by atoms with Gasteiger partial charge in [0.05, 0.1) is 21.3 Å². The Hall–Kier alpha value is -1.57. The van der Waals surface area contributed by atoms with Gasteiger partial charge in [-0.05, 0) is 55.7 Å². The minimum Gasteiger partial charge on any atom is -0.373 e. The third-order valence-electron chi connectivity index (χ3n) is 4.93. The van der Waals surface area contributed by atoms with Crippen molar-refractivity contribution in [3.8, 4) is 0 Å². The van der Waals surface area contributed by atoms with E-state index in [0.717, 1.165) is 17.7 Å². The topological polar surface area (TPSA) is 43.4 Å². The maximum Gasteiger partial charge on any atom is 0.416 e. The highest BCUT2D eigenvalue weighted by molar-refractivity contribution is 7.92. The second-order valence-electron chi connectivity index (χ2n) is 6.84. The Morgan fingerprint density at radius 2 is 1.81 bits per heavy atom. The van der Waals surface area contributed by atoms with Crippen LogP contribution in [0.15, 0.2) is 53.4 Å². The molecule has 3 rings (SSSR count). The molecule has 0 radical (unpaired) electrons. The van der Waals surface area contributed by atoms with Crippen LogP contribution in [0.2, 0.25) is 5.02 Å². The molecule has 1 fully saturated rings. The molecular weight excluding hydrogens is 401 g/mol. The van der Waals surface area contributed by atoms with Crippen molar-refractivity contribution in [2.75, 3.05) is 6.61 Å². The number of ether oxygens (including phenoxy) is 1. The molecule has 0 aromatic heterocycles. The van der Waals surface area contributed by atoms with Crippen LogP contribution in [0.3, 0.4) is 0 Å². The molecule has 0 bridgehead atoms. The average molecular weight is 419 g/mol. The molecule has 0 aliphatic carbocycles. The molecule has 1 saturated heterocycles. The largest absolute Gasteiger partial charge is 0.416 e. The third kappa shape index (κ3) is 4.00. The van der Waals surface area contributed by atoms with Gasteiger partial charge in [0.2, 0.25) is 0 Å². The smallest absolute Gasteiger partial charge is 0.373 e. The fraction of sp³-hybridized carbons (Fsp3) is 0.368. The number of alkyl halides is 3. The normalized spacial score (nSPS) is 24.0. The number of sulfone groups is 1. The Labute approximate surface area is 161 Å². The van der Waals surface area contributed by atoms with Gasteiger partial charge in [-0.3, -0.25) is 0 Å². The Morgan fingerprint density at radius 1 is 1.15 bits per heavy atom. The Balaban J connectivity index is 1.94. The zero-order valence-electron chi connectivity index (χ0n) is 14.5. The maximum absolute atomic E-state index is 13.2. The van der Waals surface area contributed by atoms with E-state index in [9.17, 15) is 21.6 Å². The molecule has 1 heterocycles. The van der Waals surface area contributed by atoms with Crippen LogP contribution in [0.4, 0.5) is 13.2 Å². The van der Waals surface area contributed by atoms with Crippen LogP contribution < -0.4 is 0 Å². The van der Waals surface area contributed by atoms with E-state index in [0.29, 0.717) is 11.1 Å². The van der Waals surface area contributed by atoms with Crippen molar-refractivity contribution in [2.45, 2.75) is 41.7 Å². The van der Waals surface area contributed by atoms with Crippen LogP contribution in [-0.4, -0.2) is 19.8 Å². The molecule has 2 aromatic rings. The molecule has 0 unspecified atom stereocenters. The predicted octanol–water partition coefficient (Wildman–Crippen LogP) is 5.44. The summed E-state index contributed by atoms with van der Waals surface area (Å²) in [5.74, 6) is 0.